The Hall–Kier alpha value is -2.23. The van der Waals surface area contributed by atoms with Crippen molar-refractivity contribution < 1.29 is 18.3 Å². The Kier molecular flexibility index (Phi) is 4.07. The largest absolute Gasteiger partial charge is 0.379 e. The van der Waals surface area contributed by atoms with Gasteiger partial charge < -0.3 is 5.32 Å². The fraction of sp³-hybridized carbons (Fsp3) is 0.455. The van der Waals surface area contributed by atoms with Gasteiger partial charge in [-0.1, -0.05) is 0 Å². The molecule has 1 saturated heterocycles. The first-order valence-corrected chi connectivity index (χ1v) is 7.98. The lowest BCUT2D eigenvalue weighted by Gasteiger charge is -2.10. The molecule has 0 aromatic heterocycles. The highest BCUT2D eigenvalue weighted by Gasteiger charge is 2.28. The molecule has 1 aliphatic rings. The number of rotatable bonds is 5. The van der Waals surface area contributed by atoms with Crippen molar-refractivity contribution in [2.45, 2.75) is 6.42 Å². The first-order chi connectivity index (χ1) is 9.78. The third-order valence-corrected chi connectivity index (χ3v) is 5.13. The van der Waals surface area contributed by atoms with Crippen LogP contribution in [0.25, 0.3) is 0 Å². The maximum Gasteiger partial charge on any atom is 0.299 e. The van der Waals surface area contributed by atoms with Crippen molar-refractivity contribution >= 4 is 26.9 Å². The van der Waals surface area contributed by atoms with Gasteiger partial charge in [-0.05, 0) is 18.4 Å². The second-order valence-corrected chi connectivity index (χ2v) is 7.09. The van der Waals surface area contributed by atoms with E-state index in [4.69, 9.17) is 0 Å². The van der Waals surface area contributed by atoms with Crippen LogP contribution in [-0.4, -0.2) is 36.3 Å². The van der Waals surface area contributed by atoms with E-state index in [1.807, 2.05) is 0 Å². The van der Waals surface area contributed by atoms with Gasteiger partial charge in [0.1, 0.15) is 5.69 Å². The predicted octanol–water partition coefficient (Wildman–Crippen LogP) is 1.35. The van der Waals surface area contributed by atoms with Gasteiger partial charge in [-0.2, -0.15) is 0 Å². The Balaban J connectivity index is 2.13. The SMILES string of the molecule is O=[N+]([O-])c1ccc(NCC2CCS(=O)(=O)C2)c([N+](=O)[O-])c1. The van der Waals surface area contributed by atoms with Gasteiger partial charge in [0, 0.05) is 12.6 Å². The van der Waals surface area contributed by atoms with Crippen molar-refractivity contribution in [3.8, 4) is 0 Å². The van der Waals surface area contributed by atoms with E-state index in [2.05, 4.69) is 5.32 Å². The number of hydrogen-bond acceptors (Lipinski definition) is 7. The van der Waals surface area contributed by atoms with Crippen molar-refractivity contribution in [3.63, 3.8) is 0 Å². The Morgan fingerprint density at radius 1 is 1.24 bits per heavy atom. The van der Waals surface area contributed by atoms with Crippen LogP contribution in [-0.2, 0) is 9.84 Å². The average Bonchev–Trinajstić information content (AvgIpc) is 2.75. The Morgan fingerprint density at radius 3 is 2.48 bits per heavy atom. The molecule has 0 saturated carbocycles. The van der Waals surface area contributed by atoms with Crippen LogP contribution in [0, 0.1) is 26.1 Å². The molecular weight excluding hydrogens is 302 g/mol. The fourth-order valence-corrected chi connectivity index (χ4v) is 4.08. The molecule has 1 N–H and O–H groups in total. The Morgan fingerprint density at radius 2 is 1.95 bits per heavy atom. The van der Waals surface area contributed by atoms with E-state index in [1.165, 1.54) is 12.1 Å². The van der Waals surface area contributed by atoms with Crippen molar-refractivity contribution in [2.75, 3.05) is 23.4 Å². The van der Waals surface area contributed by atoms with Crippen LogP contribution in [0.15, 0.2) is 18.2 Å². The number of sulfone groups is 1. The number of benzene rings is 1. The summed E-state index contributed by atoms with van der Waals surface area (Å²) in [6.07, 6.45) is 0.510. The van der Waals surface area contributed by atoms with E-state index in [0.29, 0.717) is 6.42 Å². The summed E-state index contributed by atoms with van der Waals surface area (Å²) in [5, 5.41) is 24.4. The van der Waals surface area contributed by atoms with E-state index < -0.39 is 25.4 Å². The third kappa shape index (κ3) is 3.66. The predicted molar refractivity (Wildman–Crippen MR) is 75.0 cm³/mol. The number of non-ortho nitro benzene ring substituents is 1. The fourth-order valence-electron chi connectivity index (χ4n) is 2.22. The number of anilines is 1. The standard InChI is InChI=1S/C11H13N3O6S/c15-13(16)9-1-2-10(11(5-9)14(17)18)12-6-8-3-4-21(19,20)7-8/h1-2,5,8,12H,3-4,6-7H2. The molecule has 2 rings (SSSR count). The lowest BCUT2D eigenvalue weighted by Crippen LogP contribution is -2.16. The van der Waals surface area contributed by atoms with E-state index in [1.54, 1.807) is 0 Å². The van der Waals surface area contributed by atoms with Gasteiger partial charge in [0.25, 0.3) is 11.4 Å². The molecule has 1 aromatic rings. The molecule has 1 aromatic carbocycles. The zero-order valence-electron chi connectivity index (χ0n) is 10.9. The van der Waals surface area contributed by atoms with Gasteiger partial charge in [-0.25, -0.2) is 8.42 Å². The molecule has 10 heteroatoms. The van der Waals surface area contributed by atoms with E-state index in [-0.39, 0.29) is 35.3 Å². The Bertz CT molecular complexity index is 687. The van der Waals surface area contributed by atoms with Gasteiger partial charge in [0.15, 0.2) is 9.84 Å². The number of hydrogen-bond donors (Lipinski definition) is 1. The van der Waals surface area contributed by atoms with Gasteiger partial charge in [-0.15, -0.1) is 0 Å². The van der Waals surface area contributed by atoms with Crippen LogP contribution in [0.2, 0.25) is 0 Å². The first kappa shape index (κ1) is 15.2. The molecule has 0 aliphatic carbocycles. The smallest absolute Gasteiger partial charge is 0.299 e. The normalized spacial score (nSPS) is 20.1. The maximum atomic E-state index is 11.3. The summed E-state index contributed by atoms with van der Waals surface area (Å²) in [6, 6.07) is 3.31. The van der Waals surface area contributed by atoms with Gasteiger partial charge in [0.05, 0.1) is 27.4 Å². The molecule has 1 atom stereocenters. The van der Waals surface area contributed by atoms with Crippen LogP contribution in [0.3, 0.4) is 0 Å². The molecule has 1 unspecified atom stereocenters. The summed E-state index contributed by atoms with van der Waals surface area (Å²) in [4.78, 5) is 20.1. The lowest BCUT2D eigenvalue weighted by atomic mass is 10.1. The topological polar surface area (TPSA) is 132 Å². The minimum atomic E-state index is -3.01. The summed E-state index contributed by atoms with van der Waals surface area (Å²) < 4.78 is 22.7. The summed E-state index contributed by atoms with van der Waals surface area (Å²) in [6.45, 7) is 0.276. The monoisotopic (exact) mass is 315 g/mol. The van der Waals surface area contributed by atoms with E-state index in [0.717, 1.165) is 6.07 Å². The molecular formula is C11H13N3O6S. The molecule has 1 heterocycles. The summed E-state index contributed by atoms with van der Waals surface area (Å²) >= 11 is 0. The number of nitrogens with zero attached hydrogens (tertiary/aromatic N) is 2. The van der Waals surface area contributed by atoms with Crippen molar-refractivity contribution in [3.05, 3.63) is 38.4 Å². The summed E-state index contributed by atoms with van der Waals surface area (Å²) in [7, 11) is -3.01. The quantitative estimate of drug-likeness (QED) is 0.640. The minimum Gasteiger partial charge on any atom is -0.379 e. The minimum absolute atomic E-state index is 0.0563. The second kappa shape index (κ2) is 5.64. The summed E-state index contributed by atoms with van der Waals surface area (Å²) in [5.41, 5.74) is -0.615. The van der Waals surface area contributed by atoms with E-state index in [9.17, 15) is 28.6 Å². The molecule has 0 spiro atoms. The second-order valence-electron chi connectivity index (χ2n) is 4.87. The van der Waals surface area contributed by atoms with Crippen LogP contribution >= 0.6 is 0 Å². The van der Waals surface area contributed by atoms with Crippen LogP contribution < -0.4 is 5.32 Å². The maximum absolute atomic E-state index is 11.3. The molecule has 114 valence electrons. The molecule has 1 fully saturated rings. The molecule has 21 heavy (non-hydrogen) atoms. The summed E-state index contributed by atoms with van der Waals surface area (Å²) in [5.74, 6) is 0.0763. The molecule has 0 bridgehead atoms. The van der Waals surface area contributed by atoms with Gasteiger partial charge in [-0.3, -0.25) is 20.2 Å². The van der Waals surface area contributed by atoms with E-state index >= 15 is 0 Å². The lowest BCUT2D eigenvalue weighted by molar-refractivity contribution is -0.393. The highest BCUT2D eigenvalue weighted by Crippen LogP contribution is 2.29. The van der Waals surface area contributed by atoms with Gasteiger partial charge in [0.2, 0.25) is 0 Å². The zero-order chi connectivity index (χ0) is 15.6. The number of nitro benzene ring substituents is 2. The third-order valence-electron chi connectivity index (χ3n) is 3.30. The van der Waals surface area contributed by atoms with Crippen LogP contribution in [0.1, 0.15) is 6.42 Å². The van der Waals surface area contributed by atoms with Gasteiger partial charge >= 0.3 is 0 Å². The highest BCUT2D eigenvalue weighted by molar-refractivity contribution is 7.91. The average molecular weight is 315 g/mol. The number of nitro groups is 2. The van der Waals surface area contributed by atoms with Crippen LogP contribution in [0.5, 0.6) is 0 Å². The van der Waals surface area contributed by atoms with Crippen molar-refractivity contribution in [1.29, 1.82) is 0 Å². The van der Waals surface area contributed by atoms with Crippen molar-refractivity contribution in [1.82, 2.24) is 0 Å². The Labute approximate surface area is 120 Å². The zero-order valence-corrected chi connectivity index (χ0v) is 11.7. The van der Waals surface area contributed by atoms with Crippen LogP contribution in [0.4, 0.5) is 17.1 Å². The number of nitrogens with one attached hydrogen (secondary N) is 1. The molecule has 9 nitrogen and oxygen atoms in total. The molecule has 0 amide bonds. The molecule has 1 aliphatic heterocycles. The first-order valence-electron chi connectivity index (χ1n) is 6.15. The molecule has 0 radical (unpaired) electrons. The van der Waals surface area contributed by atoms with Crippen molar-refractivity contribution in [2.24, 2.45) is 5.92 Å². The highest BCUT2D eigenvalue weighted by atomic mass is 32.2.